The number of nitrogens with one attached hydrogen (secondary N) is 1. The number of carbonyl (C=O) groups is 2. The Hall–Kier alpha value is -2.19. The molecule has 0 radical (unpaired) electrons. The van der Waals surface area contributed by atoms with E-state index in [-0.39, 0.29) is 30.7 Å². The van der Waals surface area contributed by atoms with Crippen LogP contribution in [0.1, 0.15) is 13.8 Å². The zero-order valence-corrected chi connectivity index (χ0v) is 14.5. The van der Waals surface area contributed by atoms with Crippen LogP contribution in [0.2, 0.25) is 0 Å². The fourth-order valence-electron chi connectivity index (χ4n) is 2.59. The van der Waals surface area contributed by atoms with Crippen molar-refractivity contribution < 1.29 is 23.5 Å². The lowest BCUT2D eigenvalue weighted by atomic mass is 10.3. The summed E-state index contributed by atoms with van der Waals surface area (Å²) in [5.41, 5.74) is 0.225. The molecule has 1 heterocycles. The summed E-state index contributed by atoms with van der Waals surface area (Å²) in [5, 5.41) is 2.69. The van der Waals surface area contributed by atoms with Gasteiger partial charge in [-0.25, -0.2) is 9.18 Å². The van der Waals surface area contributed by atoms with Gasteiger partial charge in [-0.1, -0.05) is 12.1 Å². The maximum absolute atomic E-state index is 13.8. The van der Waals surface area contributed by atoms with Crippen molar-refractivity contribution in [3.8, 4) is 0 Å². The third-order valence-electron chi connectivity index (χ3n) is 3.74. The molecule has 8 heteroatoms. The SMILES string of the molecule is CCOC(CNC(=O)CN1CCN(c2ccccc2F)C1=O)OCC. The molecular weight excluding hydrogens is 329 g/mol. The second kappa shape index (κ2) is 9.33. The highest BCUT2D eigenvalue weighted by molar-refractivity contribution is 5.96. The first-order valence-electron chi connectivity index (χ1n) is 8.37. The molecule has 0 spiro atoms. The summed E-state index contributed by atoms with van der Waals surface area (Å²) < 4.78 is 24.5. The Balaban J connectivity index is 1.86. The topological polar surface area (TPSA) is 71.1 Å². The minimum Gasteiger partial charge on any atom is -0.351 e. The molecule has 0 bridgehead atoms. The van der Waals surface area contributed by atoms with E-state index in [4.69, 9.17) is 9.47 Å². The molecular formula is C17H24FN3O4. The van der Waals surface area contributed by atoms with E-state index >= 15 is 0 Å². The van der Waals surface area contributed by atoms with Crippen LogP contribution < -0.4 is 10.2 Å². The molecule has 1 aliphatic heterocycles. The van der Waals surface area contributed by atoms with Crippen molar-refractivity contribution in [2.45, 2.75) is 20.1 Å². The van der Waals surface area contributed by atoms with E-state index in [0.29, 0.717) is 26.3 Å². The molecule has 1 fully saturated rings. The number of benzene rings is 1. The standard InChI is InChI=1S/C17H24FN3O4/c1-3-24-16(25-4-2)11-19-15(22)12-20-9-10-21(17(20)23)14-8-6-5-7-13(14)18/h5-8,16H,3-4,9-12H2,1-2H3,(H,19,22). The molecule has 2 rings (SSSR count). The highest BCUT2D eigenvalue weighted by atomic mass is 19.1. The van der Waals surface area contributed by atoms with E-state index in [1.807, 2.05) is 13.8 Å². The van der Waals surface area contributed by atoms with Crippen molar-refractivity contribution in [2.75, 3.05) is 44.3 Å². The van der Waals surface area contributed by atoms with E-state index in [1.54, 1.807) is 18.2 Å². The number of hydrogen-bond donors (Lipinski definition) is 1. The van der Waals surface area contributed by atoms with Gasteiger partial charge >= 0.3 is 6.03 Å². The van der Waals surface area contributed by atoms with Crippen LogP contribution in [0, 0.1) is 5.82 Å². The van der Waals surface area contributed by atoms with E-state index < -0.39 is 12.1 Å². The summed E-state index contributed by atoms with van der Waals surface area (Å²) in [6.07, 6.45) is -0.511. The predicted molar refractivity (Wildman–Crippen MR) is 90.8 cm³/mol. The Kier molecular flexibility index (Phi) is 7.15. The summed E-state index contributed by atoms with van der Waals surface area (Å²) >= 11 is 0. The summed E-state index contributed by atoms with van der Waals surface area (Å²) in [7, 11) is 0. The van der Waals surface area contributed by atoms with Gasteiger partial charge in [0.15, 0.2) is 6.29 Å². The fourth-order valence-corrected chi connectivity index (χ4v) is 2.59. The summed E-state index contributed by atoms with van der Waals surface area (Å²) in [5.74, 6) is -0.772. The molecule has 0 atom stereocenters. The first-order chi connectivity index (χ1) is 12.1. The number of rotatable bonds is 9. The molecule has 0 saturated carbocycles. The Morgan fingerprint density at radius 3 is 2.56 bits per heavy atom. The van der Waals surface area contributed by atoms with E-state index in [9.17, 15) is 14.0 Å². The molecule has 0 aromatic heterocycles. The normalized spacial score (nSPS) is 14.5. The highest BCUT2D eigenvalue weighted by Gasteiger charge is 2.32. The third kappa shape index (κ3) is 5.14. The zero-order chi connectivity index (χ0) is 18.2. The van der Waals surface area contributed by atoms with Gasteiger partial charge in [0.2, 0.25) is 5.91 Å². The van der Waals surface area contributed by atoms with Crippen LogP contribution in [0.15, 0.2) is 24.3 Å². The van der Waals surface area contributed by atoms with Crippen molar-refractivity contribution in [1.82, 2.24) is 10.2 Å². The Morgan fingerprint density at radius 2 is 1.92 bits per heavy atom. The number of para-hydroxylation sites is 1. The quantitative estimate of drug-likeness (QED) is 0.685. The summed E-state index contributed by atoms with van der Waals surface area (Å²) in [6, 6.07) is 5.71. The maximum atomic E-state index is 13.8. The molecule has 1 saturated heterocycles. The second-order valence-electron chi connectivity index (χ2n) is 5.45. The molecule has 1 aromatic carbocycles. The van der Waals surface area contributed by atoms with Gasteiger partial charge in [-0.05, 0) is 26.0 Å². The third-order valence-corrected chi connectivity index (χ3v) is 3.74. The molecule has 138 valence electrons. The average Bonchev–Trinajstić information content (AvgIpc) is 2.94. The van der Waals surface area contributed by atoms with E-state index in [1.165, 1.54) is 15.9 Å². The Morgan fingerprint density at radius 1 is 1.24 bits per heavy atom. The summed E-state index contributed by atoms with van der Waals surface area (Å²) in [4.78, 5) is 27.2. The van der Waals surface area contributed by atoms with Gasteiger partial charge in [0.05, 0.1) is 12.2 Å². The zero-order valence-electron chi connectivity index (χ0n) is 14.5. The number of ether oxygens (including phenoxy) is 2. The Labute approximate surface area is 146 Å². The predicted octanol–water partition coefficient (Wildman–Crippen LogP) is 1.58. The number of amides is 3. The van der Waals surface area contributed by atoms with Crippen LogP contribution in [0.3, 0.4) is 0 Å². The smallest absolute Gasteiger partial charge is 0.325 e. The second-order valence-corrected chi connectivity index (χ2v) is 5.45. The van der Waals surface area contributed by atoms with Gasteiger partial charge in [-0.2, -0.15) is 0 Å². The van der Waals surface area contributed by atoms with E-state index in [2.05, 4.69) is 5.32 Å². The number of urea groups is 1. The van der Waals surface area contributed by atoms with Crippen LogP contribution >= 0.6 is 0 Å². The molecule has 0 aliphatic carbocycles. The van der Waals surface area contributed by atoms with Crippen molar-refractivity contribution in [3.05, 3.63) is 30.1 Å². The van der Waals surface area contributed by atoms with Crippen LogP contribution in [0.25, 0.3) is 0 Å². The maximum Gasteiger partial charge on any atom is 0.325 e. The van der Waals surface area contributed by atoms with Crippen LogP contribution in [0.5, 0.6) is 0 Å². The lowest BCUT2D eigenvalue weighted by molar-refractivity contribution is -0.140. The average molecular weight is 353 g/mol. The van der Waals surface area contributed by atoms with Crippen LogP contribution in [-0.2, 0) is 14.3 Å². The monoisotopic (exact) mass is 353 g/mol. The summed E-state index contributed by atoms with van der Waals surface area (Å²) in [6.45, 7) is 5.45. The van der Waals surface area contributed by atoms with Gasteiger partial charge in [0.1, 0.15) is 12.4 Å². The van der Waals surface area contributed by atoms with Crippen LogP contribution in [-0.4, -0.2) is 62.5 Å². The number of carbonyl (C=O) groups excluding carboxylic acids is 2. The largest absolute Gasteiger partial charge is 0.351 e. The van der Waals surface area contributed by atoms with Crippen molar-refractivity contribution in [2.24, 2.45) is 0 Å². The number of halogens is 1. The fraction of sp³-hybridized carbons (Fsp3) is 0.529. The number of anilines is 1. The number of nitrogens with zero attached hydrogens (tertiary/aromatic N) is 2. The van der Waals surface area contributed by atoms with Crippen LogP contribution in [0.4, 0.5) is 14.9 Å². The number of hydrogen-bond acceptors (Lipinski definition) is 4. The molecule has 3 amide bonds. The molecule has 1 N–H and O–H groups in total. The Bertz CT molecular complexity index is 593. The lowest BCUT2D eigenvalue weighted by Gasteiger charge is -2.20. The molecule has 1 aliphatic rings. The molecule has 7 nitrogen and oxygen atoms in total. The first kappa shape index (κ1) is 19.1. The first-order valence-corrected chi connectivity index (χ1v) is 8.37. The van der Waals surface area contributed by atoms with Gasteiger partial charge in [0, 0.05) is 26.3 Å². The van der Waals surface area contributed by atoms with E-state index in [0.717, 1.165) is 0 Å². The highest BCUT2D eigenvalue weighted by Crippen LogP contribution is 2.23. The van der Waals surface area contributed by atoms with Gasteiger partial charge in [0.25, 0.3) is 0 Å². The molecule has 25 heavy (non-hydrogen) atoms. The van der Waals surface area contributed by atoms with Crippen molar-refractivity contribution in [3.63, 3.8) is 0 Å². The van der Waals surface area contributed by atoms with Gasteiger partial charge in [-0.3, -0.25) is 9.69 Å². The minimum atomic E-state index is -0.511. The van der Waals surface area contributed by atoms with Gasteiger partial charge < -0.3 is 19.7 Å². The molecule has 1 aromatic rings. The minimum absolute atomic E-state index is 0.0885. The molecule has 0 unspecified atom stereocenters. The van der Waals surface area contributed by atoms with Crippen molar-refractivity contribution >= 4 is 17.6 Å². The lowest BCUT2D eigenvalue weighted by Crippen LogP contribution is -2.43. The van der Waals surface area contributed by atoms with Gasteiger partial charge in [-0.15, -0.1) is 0 Å². The van der Waals surface area contributed by atoms with Crippen molar-refractivity contribution in [1.29, 1.82) is 0 Å².